The summed E-state index contributed by atoms with van der Waals surface area (Å²) in [6.45, 7) is 8.98. The van der Waals surface area contributed by atoms with Gasteiger partial charge in [0.15, 0.2) is 0 Å². The second-order valence-corrected chi connectivity index (χ2v) is 9.33. The number of thiophene rings is 1. The molecule has 1 heteroatoms. The molecular weight excluding hydrogens is 368 g/mol. The van der Waals surface area contributed by atoms with Crippen LogP contribution in [0.2, 0.25) is 0 Å². The molecule has 0 N–H and O–H groups in total. The van der Waals surface area contributed by atoms with Crippen molar-refractivity contribution in [2.45, 2.75) is 39.5 Å². The second kappa shape index (κ2) is 8.39. The molecule has 0 aliphatic rings. The number of rotatable bonds is 5. The predicted molar refractivity (Wildman–Crippen MR) is 129 cm³/mol. The lowest BCUT2D eigenvalue weighted by Gasteiger charge is -2.09. The maximum Gasteiger partial charge on any atom is 0.0427 e. The molecule has 0 nitrogen and oxygen atoms in total. The summed E-state index contributed by atoms with van der Waals surface area (Å²) in [6.07, 6.45) is 0. The average molecular weight is 397 g/mol. The van der Waals surface area contributed by atoms with Crippen LogP contribution in [0.4, 0.5) is 0 Å². The Bertz CT molecular complexity index is 997. The van der Waals surface area contributed by atoms with Gasteiger partial charge in [-0.15, -0.1) is 11.3 Å². The monoisotopic (exact) mass is 396 g/mol. The van der Waals surface area contributed by atoms with Gasteiger partial charge in [0.05, 0.1) is 0 Å². The Hall–Kier alpha value is -2.64. The first-order chi connectivity index (χ1) is 14.0. The topological polar surface area (TPSA) is 0 Å². The molecule has 4 aromatic rings. The summed E-state index contributed by atoms with van der Waals surface area (Å²) < 4.78 is 0. The summed E-state index contributed by atoms with van der Waals surface area (Å²) in [5.74, 6) is 1.10. The maximum atomic E-state index is 2.36. The second-order valence-electron chi connectivity index (χ2n) is 8.27. The summed E-state index contributed by atoms with van der Waals surface area (Å²) in [4.78, 5) is 2.66. The largest absolute Gasteiger partial charge is 0.135 e. The fourth-order valence-corrected chi connectivity index (χ4v) is 4.82. The van der Waals surface area contributed by atoms with Crippen LogP contribution in [0, 0.1) is 0 Å². The lowest BCUT2D eigenvalue weighted by Crippen LogP contribution is -1.88. The van der Waals surface area contributed by atoms with Crippen molar-refractivity contribution in [3.05, 3.63) is 96.1 Å². The zero-order valence-electron chi connectivity index (χ0n) is 17.6. The van der Waals surface area contributed by atoms with E-state index in [2.05, 4.69) is 113 Å². The van der Waals surface area contributed by atoms with Crippen LogP contribution in [-0.4, -0.2) is 0 Å². The summed E-state index contributed by atoms with van der Waals surface area (Å²) >= 11 is 1.89. The molecule has 0 saturated heterocycles. The van der Waals surface area contributed by atoms with Crippen LogP contribution >= 0.6 is 11.3 Å². The molecule has 0 bridgehead atoms. The van der Waals surface area contributed by atoms with E-state index >= 15 is 0 Å². The molecule has 1 heterocycles. The Morgan fingerprint density at radius 3 is 1.59 bits per heavy atom. The normalized spacial score (nSPS) is 11.4. The molecule has 0 aliphatic carbocycles. The summed E-state index contributed by atoms with van der Waals surface area (Å²) in [6, 6.07) is 31.3. The van der Waals surface area contributed by atoms with E-state index in [0.29, 0.717) is 11.8 Å². The summed E-state index contributed by atoms with van der Waals surface area (Å²) in [5, 5.41) is 0. The van der Waals surface area contributed by atoms with Gasteiger partial charge < -0.3 is 0 Å². The van der Waals surface area contributed by atoms with Crippen molar-refractivity contribution >= 4 is 11.3 Å². The molecule has 0 atom stereocenters. The molecule has 3 aromatic carbocycles. The van der Waals surface area contributed by atoms with Gasteiger partial charge in [-0.05, 0) is 45.7 Å². The highest BCUT2D eigenvalue weighted by Crippen LogP contribution is 2.43. The van der Waals surface area contributed by atoms with Crippen LogP contribution in [0.3, 0.4) is 0 Å². The van der Waals surface area contributed by atoms with Gasteiger partial charge in [-0.2, -0.15) is 0 Å². The summed E-state index contributed by atoms with van der Waals surface area (Å²) in [5.41, 5.74) is 7.95. The number of hydrogen-bond acceptors (Lipinski definition) is 1. The van der Waals surface area contributed by atoms with Crippen molar-refractivity contribution in [3.63, 3.8) is 0 Å². The molecule has 4 rings (SSSR count). The SMILES string of the molecule is CC(C)c1ccc(-c2cc(-c3ccccc3)sc2-c2ccc(C(C)C)cc2)cc1. The minimum Gasteiger partial charge on any atom is -0.135 e. The molecule has 29 heavy (non-hydrogen) atoms. The zero-order chi connectivity index (χ0) is 20.4. The van der Waals surface area contributed by atoms with E-state index in [0.717, 1.165) is 0 Å². The Morgan fingerprint density at radius 1 is 0.552 bits per heavy atom. The predicted octanol–water partition coefficient (Wildman–Crippen LogP) is 9.00. The van der Waals surface area contributed by atoms with Crippen LogP contribution in [-0.2, 0) is 0 Å². The lowest BCUT2D eigenvalue weighted by molar-refractivity contribution is 0.867. The standard InChI is InChI=1S/C28H28S/c1-19(2)21-10-14-23(15-11-21)26-18-27(24-8-6-5-7-9-24)29-28(26)25-16-12-22(13-17-25)20(3)4/h5-20H,1-4H3. The summed E-state index contributed by atoms with van der Waals surface area (Å²) in [7, 11) is 0. The van der Waals surface area contributed by atoms with Crippen molar-refractivity contribution in [1.82, 2.24) is 0 Å². The van der Waals surface area contributed by atoms with E-state index in [1.165, 1.54) is 43.1 Å². The van der Waals surface area contributed by atoms with Gasteiger partial charge in [-0.3, -0.25) is 0 Å². The van der Waals surface area contributed by atoms with Crippen LogP contribution in [0.25, 0.3) is 32.0 Å². The van der Waals surface area contributed by atoms with E-state index < -0.39 is 0 Å². The van der Waals surface area contributed by atoms with Gasteiger partial charge in [-0.1, -0.05) is 107 Å². The Labute approximate surface area is 178 Å². The highest BCUT2D eigenvalue weighted by molar-refractivity contribution is 7.19. The van der Waals surface area contributed by atoms with Crippen molar-refractivity contribution in [2.24, 2.45) is 0 Å². The maximum absolute atomic E-state index is 2.36. The molecule has 0 unspecified atom stereocenters. The quantitative estimate of drug-likeness (QED) is 0.316. The highest BCUT2D eigenvalue weighted by atomic mass is 32.1. The number of benzene rings is 3. The average Bonchev–Trinajstić information content (AvgIpc) is 3.20. The molecule has 0 amide bonds. The fourth-order valence-electron chi connectivity index (χ4n) is 3.63. The Kier molecular flexibility index (Phi) is 5.69. The Morgan fingerprint density at radius 2 is 1.07 bits per heavy atom. The van der Waals surface area contributed by atoms with E-state index in [1.807, 2.05) is 11.3 Å². The third-order valence-corrected chi connectivity index (χ3v) is 6.75. The first kappa shape index (κ1) is 19.7. The minimum atomic E-state index is 0.550. The van der Waals surface area contributed by atoms with Crippen molar-refractivity contribution < 1.29 is 0 Å². The highest BCUT2D eigenvalue weighted by Gasteiger charge is 2.15. The van der Waals surface area contributed by atoms with Gasteiger partial charge in [0.25, 0.3) is 0 Å². The molecular formula is C28H28S. The molecule has 146 valence electrons. The molecule has 0 spiro atoms. The van der Waals surface area contributed by atoms with Gasteiger partial charge in [0.1, 0.15) is 0 Å². The van der Waals surface area contributed by atoms with Gasteiger partial charge in [0.2, 0.25) is 0 Å². The first-order valence-corrected chi connectivity index (χ1v) is 11.2. The molecule has 0 saturated carbocycles. The van der Waals surface area contributed by atoms with Gasteiger partial charge in [-0.25, -0.2) is 0 Å². The van der Waals surface area contributed by atoms with E-state index in [4.69, 9.17) is 0 Å². The van der Waals surface area contributed by atoms with Crippen molar-refractivity contribution in [1.29, 1.82) is 0 Å². The molecule has 0 radical (unpaired) electrons. The number of hydrogen-bond donors (Lipinski definition) is 0. The fraction of sp³-hybridized carbons (Fsp3) is 0.214. The van der Waals surface area contributed by atoms with Gasteiger partial charge >= 0.3 is 0 Å². The van der Waals surface area contributed by atoms with Crippen molar-refractivity contribution in [3.8, 4) is 32.0 Å². The smallest absolute Gasteiger partial charge is 0.0427 e. The van der Waals surface area contributed by atoms with Gasteiger partial charge in [0, 0.05) is 15.3 Å². The minimum absolute atomic E-state index is 0.550. The van der Waals surface area contributed by atoms with E-state index in [-0.39, 0.29) is 0 Å². The first-order valence-electron chi connectivity index (χ1n) is 10.4. The molecule has 0 fully saturated rings. The zero-order valence-corrected chi connectivity index (χ0v) is 18.5. The Balaban J connectivity index is 1.83. The van der Waals surface area contributed by atoms with Crippen LogP contribution in [0.15, 0.2) is 84.9 Å². The third-order valence-electron chi connectivity index (χ3n) is 5.52. The van der Waals surface area contributed by atoms with Crippen LogP contribution in [0.1, 0.15) is 50.7 Å². The van der Waals surface area contributed by atoms with E-state index in [1.54, 1.807) is 0 Å². The van der Waals surface area contributed by atoms with Crippen LogP contribution < -0.4 is 0 Å². The molecule has 1 aromatic heterocycles. The van der Waals surface area contributed by atoms with Crippen LogP contribution in [0.5, 0.6) is 0 Å². The molecule has 0 aliphatic heterocycles. The van der Waals surface area contributed by atoms with E-state index in [9.17, 15) is 0 Å². The van der Waals surface area contributed by atoms with Crippen molar-refractivity contribution in [2.75, 3.05) is 0 Å². The third kappa shape index (κ3) is 4.21. The lowest BCUT2D eigenvalue weighted by atomic mass is 9.96.